The van der Waals surface area contributed by atoms with E-state index < -0.39 is 0 Å². The lowest BCUT2D eigenvalue weighted by atomic mass is 10.0. The zero-order chi connectivity index (χ0) is 22.5. The van der Waals surface area contributed by atoms with Crippen molar-refractivity contribution in [3.05, 3.63) is 81.8 Å². The maximum atomic E-state index is 13.3. The van der Waals surface area contributed by atoms with Crippen molar-refractivity contribution in [2.75, 3.05) is 36.4 Å². The number of benzene rings is 2. The Morgan fingerprint density at radius 2 is 1.72 bits per heavy atom. The van der Waals surface area contributed by atoms with E-state index in [1.54, 1.807) is 11.3 Å². The molecule has 2 unspecified atom stereocenters. The molecule has 8 heteroatoms. The maximum absolute atomic E-state index is 13.3. The van der Waals surface area contributed by atoms with Gasteiger partial charge in [0.25, 0.3) is 0 Å². The number of hydrogen-bond acceptors (Lipinski definition) is 4. The third-order valence-corrected chi connectivity index (χ3v) is 7.08. The van der Waals surface area contributed by atoms with E-state index in [1.807, 2.05) is 36.4 Å². The van der Waals surface area contributed by atoms with Crippen LogP contribution in [-0.2, 0) is 0 Å². The average Bonchev–Trinajstić information content (AvgIpc) is 3.31. The second kappa shape index (κ2) is 10.6. The van der Waals surface area contributed by atoms with Crippen LogP contribution in [0.4, 0.5) is 15.8 Å². The molecule has 0 bridgehead atoms. The minimum Gasteiger partial charge on any atom is -0.369 e. The molecule has 2 N–H and O–H groups in total. The molecule has 0 saturated carbocycles. The van der Waals surface area contributed by atoms with Crippen molar-refractivity contribution in [3.8, 4) is 0 Å². The molecular formula is C24H26ClFN4S2. The standard InChI is InChI=1S/C24H26ClFN4S2/c1-17(27-24(31)28-20-8-4-18(25)5-9-20)23(22-3-2-16-32-22)30-14-12-29(13-15-30)21-10-6-19(26)7-11-21/h2-11,16-17,23H,12-15H2,1H3,(H2,27,28,31). The van der Waals surface area contributed by atoms with E-state index in [2.05, 4.69) is 44.9 Å². The van der Waals surface area contributed by atoms with Crippen LogP contribution in [0.25, 0.3) is 0 Å². The molecule has 2 atom stereocenters. The molecule has 4 rings (SSSR count). The molecule has 1 aromatic heterocycles. The van der Waals surface area contributed by atoms with Crippen LogP contribution >= 0.6 is 35.2 Å². The van der Waals surface area contributed by atoms with Crippen molar-refractivity contribution in [1.82, 2.24) is 10.2 Å². The van der Waals surface area contributed by atoms with Crippen LogP contribution in [0.5, 0.6) is 0 Å². The summed E-state index contributed by atoms with van der Waals surface area (Å²) < 4.78 is 13.3. The Labute approximate surface area is 203 Å². The number of nitrogens with zero attached hydrogens (tertiary/aromatic N) is 2. The highest BCUT2D eigenvalue weighted by Crippen LogP contribution is 2.30. The quantitative estimate of drug-likeness (QED) is 0.429. The fourth-order valence-corrected chi connectivity index (χ4v) is 5.49. The summed E-state index contributed by atoms with van der Waals surface area (Å²) in [6, 6.07) is 18.9. The molecule has 4 nitrogen and oxygen atoms in total. The van der Waals surface area contributed by atoms with Crippen molar-refractivity contribution < 1.29 is 4.39 Å². The lowest BCUT2D eigenvalue weighted by molar-refractivity contribution is 0.163. The van der Waals surface area contributed by atoms with Gasteiger partial charge >= 0.3 is 0 Å². The molecule has 0 aliphatic carbocycles. The summed E-state index contributed by atoms with van der Waals surface area (Å²) in [6.45, 7) is 5.81. The summed E-state index contributed by atoms with van der Waals surface area (Å²) in [4.78, 5) is 6.13. The van der Waals surface area contributed by atoms with Gasteiger partial charge in [0.05, 0.1) is 6.04 Å². The van der Waals surface area contributed by atoms with Gasteiger partial charge in [0.2, 0.25) is 0 Å². The third-order valence-electron chi connectivity index (χ3n) is 5.67. The largest absolute Gasteiger partial charge is 0.369 e. The lowest BCUT2D eigenvalue weighted by Gasteiger charge is -2.42. The number of thiophene rings is 1. The second-order valence-corrected chi connectivity index (χ2v) is 9.68. The Balaban J connectivity index is 1.40. The van der Waals surface area contributed by atoms with Crippen LogP contribution in [-0.4, -0.2) is 42.2 Å². The van der Waals surface area contributed by atoms with E-state index in [4.69, 9.17) is 23.8 Å². The lowest BCUT2D eigenvalue weighted by Crippen LogP contribution is -2.52. The fourth-order valence-electron chi connectivity index (χ4n) is 4.10. The molecule has 1 fully saturated rings. The van der Waals surface area contributed by atoms with E-state index in [-0.39, 0.29) is 17.9 Å². The normalized spacial score (nSPS) is 16.4. The monoisotopic (exact) mass is 488 g/mol. The van der Waals surface area contributed by atoms with Crippen molar-refractivity contribution in [1.29, 1.82) is 0 Å². The first-order valence-electron chi connectivity index (χ1n) is 10.6. The number of thiocarbonyl (C=S) groups is 1. The van der Waals surface area contributed by atoms with E-state index in [0.29, 0.717) is 10.1 Å². The number of halogens is 2. The van der Waals surface area contributed by atoms with Crippen LogP contribution in [0.15, 0.2) is 66.0 Å². The summed E-state index contributed by atoms with van der Waals surface area (Å²) in [5, 5.41) is 10.1. The van der Waals surface area contributed by atoms with Crippen molar-refractivity contribution in [3.63, 3.8) is 0 Å². The van der Waals surface area contributed by atoms with Crippen LogP contribution in [0.1, 0.15) is 17.8 Å². The van der Waals surface area contributed by atoms with Gasteiger partial charge in [-0.05, 0) is 79.1 Å². The van der Waals surface area contributed by atoms with Gasteiger partial charge in [0.1, 0.15) is 5.82 Å². The molecule has 0 radical (unpaired) electrons. The maximum Gasteiger partial charge on any atom is 0.171 e. The van der Waals surface area contributed by atoms with Gasteiger partial charge in [-0.25, -0.2) is 4.39 Å². The van der Waals surface area contributed by atoms with Gasteiger partial charge in [-0.15, -0.1) is 11.3 Å². The Hall–Kier alpha value is -2.19. The molecule has 0 spiro atoms. The summed E-state index contributed by atoms with van der Waals surface area (Å²) >= 11 is 13.3. The summed E-state index contributed by atoms with van der Waals surface area (Å²) in [5.74, 6) is -0.201. The first-order valence-corrected chi connectivity index (χ1v) is 12.3. The van der Waals surface area contributed by atoms with E-state index in [1.165, 1.54) is 17.0 Å². The molecule has 0 amide bonds. The predicted octanol–water partition coefficient (Wildman–Crippen LogP) is 5.78. The Morgan fingerprint density at radius 3 is 2.34 bits per heavy atom. The SMILES string of the molecule is CC(NC(=S)Nc1ccc(Cl)cc1)C(c1cccs1)N1CCN(c2ccc(F)cc2)CC1. The molecule has 1 aliphatic heterocycles. The highest BCUT2D eigenvalue weighted by molar-refractivity contribution is 7.80. The Morgan fingerprint density at radius 1 is 1.03 bits per heavy atom. The topological polar surface area (TPSA) is 30.5 Å². The summed E-state index contributed by atoms with van der Waals surface area (Å²) in [6.07, 6.45) is 0. The molecule has 32 heavy (non-hydrogen) atoms. The smallest absolute Gasteiger partial charge is 0.171 e. The van der Waals surface area contributed by atoms with Crippen LogP contribution in [0, 0.1) is 5.82 Å². The zero-order valence-corrected chi connectivity index (χ0v) is 20.2. The number of nitrogens with one attached hydrogen (secondary N) is 2. The minimum atomic E-state index is -0.201. The average molecular weight is 489 g/mol. The number of anilines is 2. The molecule has 1 saturated heterocycles. The highest BCUT2D eigenvalue weighted by Gasteiger charge is 2.30. The van der Waals surface area contributed by atoms with Crippen molar-refractivity contribution in [2.45, 2.75) is 19.0 Å². The second-order valence-electron chi connectivity index (χ2n) is 7.85. The number of rotatable bonds is 6. The van der Waals surface area contributed by atoms with E-state index >= 15 is 0 Å². The first kappa shape index (κ1) is 23.0. The van der Waals surface area contributed by atoms with Crippen LogP contribution < -0.4 is 15.5 Å². The van der Waals surface area contributed by atoms with Gasteiger partial charge in [0.15, 0.2) is 5.11 Å². The van der Waals surface area contributed by atoms with Gasteiger partial charge in [-0.2, -0.15) is 0 Å². The van der Waals surface area contributed by atoms with E-state index in [0.717, 1.165) is 37.6 Å². The Kier molecular flexibility index (Phi) is 7.63. The fraction of sp³-hybridized carbons (Fsp3) is 0.292. The zero-order valence-electron chi connectivity index (χ0n) is 17.8. The third kappa shape index (κ3) is 5.78. The summed E-state index contributed by atoms with van der Waals surface area (Å²) in [5.41, 5.74) is 1.97. The number of piperazine rings is 1. The molecular weight excluding hydrogens is 463 g/mol. The predicted molar refractivity (Wildman–Crippen MR) is 138 cm³/mol. The van der Waals surface area contributed by atoms with Crippen LogP contribution in [0.3, 0.4) is 0 Å². The summed E-state index contributed by atoms with van der Waals surface area (Å²) in [7, 11) is 0. The van der Waals surface area contributed by atoms with Crippen molar-refractivity contribution >= 4 is 51.6 Å². The molecule has 3 aromatic rings. The molecule has 2 aromatic carbocycles. The van der Waals surface area contributed by atoms with Gasteiger partial charge < -0.3 is 15.5 Å². The molecule has 168 valence electrons. The van der Waals surface area contributed by atoms with Crippen molar-refractivity contribution in [2.24, 2.45) is 0 Å². The first-order chi connectivity index (χ1) is 15.5. The highest BCUT2D eigenvalue weighted by atomic mass is 35.5. The van der Waals surface area contributed by atoms with Gasteiger partial charge in [-0.1, -0.05) is 17.7 Å². The Bertz CT molecular complexity index is 1000. The van der Waals surface area contributed by atoms with Gasteiger partial charge in [0, 0.05) is 53.5 Å². The van der Waals surface area contributed by atoms with E-state index in [9.17, 15) is 4.39 Å². The molecule has 1 aliphatic rings. The van der Waals surface area contributed by atoms with Gasteiger partial charge in [-0.3, -0.25) is 4.90 Å². The minimum absolute atomic E-state index is 0.110. The molecule has 2 heterocycles. The van der Waals surface area contributed by atoms with Crippen LogP contribution in [0.2, 0.25) is 5.02 Å². The number of hydrogen-bond donors (Lipinski definition) is 2.